The van der Waals surface area contributed by atoms with Crippen LogP contribution in [0, 0.1) is 11.8 Å². The maximum atomic E-state index is 12.2. The predicted molar refractivity (Wildman–Crippen MR) is 83.7 cm³/mol. The van der Waals surface area contributed by atoms with Crippen LogP contribution in [-0.2, 0) is 9.59 Å². The summed E-state index contributed by atoms with van der Waals surface area (Å²) in [5.74, 6) is 1.03. The first kappa shape index (κ1) is 14.8. The zero-order valence-corrected chi connectivity index (χ0v) is 12.8. The molecule has 1 saturated carbocycles. The molecule has 2 heterocycles. The molecule has 1 saturated heterocycles. The van der Waals surface area contributed by atoms with Crippen LogP contribution in [0.2, 0.25) is 0 Å². The van der Waals surface area contributed by atoms with Crippen LogP contribution in [0.1, 0.15) is 18.9 Å². The van der Waals surface area contributed by atoms with Crippen molar-refractivity contribution < 1.29 is 9.59 Å². The number of nitrogens with zero attached hydrogens (tertiary/aromatic N) is 3. The van der Waals surface area contributed by atoms with Gasteiger partial charge in [-0.15, -0.1) is 0 Å². The molecule has 0 bridgehead atoms. The number of hydrogen-bond acceptors (Lipinski definition) is 3. The second kappa shape index (κ2) is 6.30. The predicted octanol–water partition coefficient (Wildman–Crippen LogP) is 1.42. The lowest BCUT2D eigenvalue weighted by Crippen LogP contribution is -2.50. The lowest BCUT2D eigenvalue weighted by molar-refractivity contribution is -0.138. The number of aromatic nitrogens is 1. The Morgan fingerprint density at radius 1 is 1.23 bits per heavy atom. The highest BCUT2D eigenvalue weighted by Crippen LogP contribution is 2.39. The van der Waals surface area contributed by atoms with E-state index in [-0.39, 0.29) is 17.7 Å². The molecule has 1 aromatic heterocycles. The highest BCUT2D eigenvalue weighted by atomic mass is 16.2. The van der Waals surface area contributed by atoms with E-state index in [0.717, 1.165) is 12.0 Å². The Labute approximate surface area is 130 Å². The maximum Gasteiger partial charge on any atom is 0.246 e. The van der Waals surface area contributed by atoms with Crippen molar-refractivity contribution in [1.29, 1.82) is 0 Å². The SMILES string of the molecule is C[C@H]1C[C@H]1C(=O)N1CCN(C(=O)/C=C/c2cccnc2)CC1. The van der Waals surface area contributed by atoms with Crippen molar-refractivity contribution in [2.24, 2.45) is 11.8 Å². The zero-order valence-electron chi connectivity index (χ0n) is 12.8. The molecule has 0 unspecified atom stereocenters. The van der Waals surface area contributed by atoms with Gasteiger partial charge in [0, 0.05) is 50.6 Å². The van der Waals surface area contributed by atoms with Crippen molar-refractivity contribution >= 4 is 17.9 Å². The first-order chi connectivity index (χ1) is 10.6. The number of hydrogen-bond donors (Lipinski definition) is 0. The van der Waals surface area contributed by atoms with Crippen molar-refractivity contribution in [3.05, 3.63) is 36.2 Å². The Balaban J connectivity index is 1.49. The molecular formula is C17H21N3O2. The third kappa shape index (κ3) is 3.35. The van der Waals surface area contributed by atoms with Crippen LogP contribution in [0.5, 0.6) is 0 Å². The molecule has 22 heavy (non-hydrogen) atoms. The maximum absolute atomic E-state index is 12.2. The number of pyridine rings is 1. The van der Waals surface area contributed by atoms with E-state index >= 15 is 0 Å². The third-order valence-electron chi connectivity index (χ3n) is 4.43. The average molecular weight is 299 g/mol. The third-order valence-corrected chi connectivity index (χ3v) is 4.43. The van der Waals surface area contributed by atoms with Gasteiger partial charge < -0.3 is 9.80 Å². The van der Waals surface area contributed by atoms with Crippen molar-refractivity contribution in [3.8, 4) is 0 Å². The van der Waals surface area contributed by atoms with E-state index in [0.29, 0.717) is 32.1 Å². The van der Waals surface area contributed by atoms with Gasteiger partial charge in [0.1, 0.15) is 0 Å². The number of carbonyl (C=O) groups is 2. The van der Waals surface area contributed by atoms with Gasteiger partial charge in [-0.05, 0) is 30.0 Å². The van der Waals surface area contributed by atoms with E-state index in [9.17, 15) is 9.59 Å². The van der Waals surface area contributed by atoms with E-state index < -0.39 is 0 Å². The first-order valence-electron chi connectivity index (χ1n) is 7.81. The van der Waals surface area contributed by atoms with Gasteiger partial charge in [0.2, 0.25) is 11.8 Å². The molecule has 2 fully saturated rings. The highest BCUT2D eigenvalue weighted by molar-refractivity contribution is 5.92. The quantitative estimate of drug-likeness (QED) is 0.793. The summed E-state index contributed by atoms with van der Waals surface area (Å²) in [6.45, 7) is 4.64. The molecular weight excluding hydrogens is 278 g/mol. The molecule has 3 rings (SSSR count). The molecule has 0 N–H and O–H groups in total. The molecule has 0 radical (unpaired) electrons. The summed E-state index contributed by atoms with van der Waals surface area (Å²) >= 11 is 0. The van der Waals surface area contributed by atoms with E-state index in [1.54, 1.807) is 29.4 Å². The lowest BCUT2D eigenvalue weighted by atomic mass is 10.2. The summed E-state index contributed by atoms with van der Waals surface area (Å²) in [5, 5.41) is 0. The molecule has 1 aromatic rings. The normalized spacial score (nSPS) is 24.6. The van der Waals surface area contributed by atoms with Crippen LogP contribution in [0.15, 0.2) is 30.6 Å². The molecule has 1 aliphatic heterocycles. The van der Waals surface area contributed by atoms with E-state index in [4.69, 9.17) is 0 Å². The van der Waals surface area contributed by atoms with Crippen molar-refractivity contribution in [2.45, 2.75) is 13.3 Å². The van der Waals surface area contributed by atoms with Crippen molar-refractivity contribution in [1.82, 2.24) is 14.8 Å². The molecule has 116 valence electrons. The molecule has 2 aliphatic rings. The smallest absolute Gasteiger partial charge is 0.246 e. The lowest BCUT2D eigenvalue weighted by Gasteiger charge is -2.34. The Morgan fingerprint density at radius 2 is 1.91 bits per heavy atom. The summed E-state index contributed by atoms with van der Waals surface area (Å²) in [6.07, 6.45) is 7.80. The molecule has 1 aliphatic carbocycles. The van der Waals surface area contributed by atoms with Gasteiger partial charge in [0.25, 0.3) is 0 Å². The van der Waals surface area contributed by atoms with Crippen LogP contribution < -0.4 is 0 Å². The Morgan fingerprint density at radius 3 is 2.50 bits per heavy atom. The number of rotatable bonds is 3. The highest BCUT2D eigenvalue weighted by Gasteiger charge is 2.42. The fourth-order valence-electron chi connectivity index (χ4n) is 2.80. The van der Waals surface area contributed by atoms with E-state index in [1.807, 2.05) is 17.0 Å². The number of carbonyl (C=O) groups excluding carboxylic acids is 2. The summed E-state index contributed by atoms with van der Waals surface area (Å²) in [4.78, 5) is 32.0. The summed E-state index contributed by atoms with van der Waals surface area (Å²) in [5.41, 5.74) is 0.910. The number of piperazine rings is 1. The summed E-state index contributed by atoms with van der Waals surface area (Å²) < 4.78 is 0. The van der Waals surface area contributed by atoms with Crippen LogP contribution in [0.4, 0.5) is 0 Å². The minimum absolute atomic E-state index is 0.00394. The summed E-state index contributed by atoms with van der Waals surface area (Å²) in [6, 6.07) is 3.75. The second-order valence-corrected chi connectivity index (χ2v) is 6.09. The molecule has 5 heteroatoms. The topological polar surface area (TPSA) is 53.5 Å². The molecule has 2 atom stereocenters. The first-order valence-corrected chi connectivity index (χ1v) is 7.81. The standard InChI is InChI=1S/C17H21N3O2/c1-13-11-15(13)17(22)20-9-7-19(8-10-20)16(21)5-4-14-3-2-6-18-12-14/h2-6,12-13,15H,7-11H2,1H3/b5-4+/t13-,15+/m0/s1. The molecule has 5 nitrogen and oxygen atoms in total. The molecule has 0 spiro atoms. The van der Waals surface area contributed by atoms with Crippen LogP contribution in [0.25, 0.3) is 6.08 Å². The zero-order chi connectivity index (χ0) is 15.5. The average Bonchev–Trinajstić information content (AvgIpc) is 3.30. The Hall–Kier alpha value is -2.17. The van der Waals surface area contributed by atoms with Crippen molar-refractivity contribution in [3.63, 3.8) is 0 Å². The number of amides is 2. The molecule has 0 aromatic carbocycles. The minimum Gasteiger partial charge on any atom is -0.339 e. The van der Waals surface area contributed by atoms with Gasteiger partial charge >= 0.3 is 0 Å². The van der Waals surface area contributed by atoms with Gasteiger partial charge in [-0.2, -0.15) is 0 Å². The van der Waals surface area contributed by atoms with Gasteiger partial charge in [0.15, 0.2) is 0 Å². The minimum atomic E-state index is -0.00394. The fourth-order valence-corrected chi connectivity index (χ4v) is 2.80. The second-order valence-electron chi connectivity index (χ2n) is 6.09. The van der Waals surface area contributed by atoms with E-state index in [1.165, 1.54) is 0 Å². The van der Waals surface area contributed by atoms with Crippen LogP contribution in [0.3, 0.4) is 0 Å². The van der Waals surface area contributed by atoms with Crippen LogP contribution >= 0.6 is 0 Å². The molecule has 2 amide bonds. The van der Waals surface area contributed by atoms with E-state index in [2.05, 4.69) is 11.9 Å². The van der Waals surface area contributed by atoms with Gasteiger partial charge in [-0.1, -0.05) is 13.0 Å². The fraction of sp³-hybridized carbons (Fsp3) is 0.471. The van der Waals surface area contributed by atoms with Gasteiger partial charge in [-0.25, -0.2) is 0 Å². The van der Waals surface area contributed by atoms with Crippen molar-refractivity contribution in [2.75, 3.05) is 26.2 Å². The summed E-state index contributed by atoms with van der Waals surface area (Å²) in [7, 11) is 0. The Bertz CT molecular complexity index is 577. The van der Waals surface area contributed by atoms with Crippen LogP contribution in [-0.4, -0.2) is 52.8 Å². The van der Waals surface area contributed by atoms with Gasteiger partial charge in [0.05, 0.1) is 0 Å². The Kier molecular flexibility index (Phi) is 4.22. The van der Waals surface area contributed by atoms with Gasteiger partial charge in [-0.3, -0.25) is 14.6 Å². The monoisotopic (exact) mass is 299 g/mol. The largest absolute Gasteiger partial charge is 0.339 e.